The summed E-state index contributed by atoms with van der Waals surface area (Å²) < 4.78 is 5.85. The highest BCUT2D eigenvalue weighted by atomic mass is 16.5. The number of nitrogens with one attached hydrogen (secondary N) is 1. The molecule has 1 aliphatic heterocycles. The smallest absolute Gasteiger partial charge is 0.262 e. The first-order valence-electron chi connectivity index (χ1n) is 10.4. The van der Waals surface area contributed by atoms with Crippen LogP contribution in [0.5, 0.6) is 5.75 Å². The number of carbonyl (C=O) groups excluding carboxylic acids is 1. The average Bonchev–Trinajstić information content (AvgIpc) is 2.68. The first kappa shape index (κ1) is 21.3. The zero-order valence-corrected chi connectivity index (χ0v) is 18.1. The lowest BCUT2D eigenvalue weighted by Crippen LogP contribution is -2.43. The Morgan fingerprint density at radius 2 is 1.86 bits per heavy atom. The second-order valence-electron chi connectivity index (χ2n) is 8.31. The fourth-order valence-corrected chi connectivity index (χ4v) is 3.60. The fourth-order valence-electron chi connectivity index (χ4n) is 3.60. The van der Waals surface area contributed by atoms with E-state index in [4.69, 9.17) is 4.74 Å². The number of aryl methyl sites for hydroxylation is 1. The van der Waals surface area contributed by atoms with Gasteiger partial charge in [-0.05, 0) is 54.8 Å². The van der Waals surface area contributed by atoms with Crippen LogP contribution in [0.2, 0.25) is 0 Å². The monoisotopic (exact) mass is 395 g/mol. The van der Waals surface area contributed by atoms with Gasteiger partial charge in [0.1, 0.15) is 5.75 Å². The van der Waals surface area contributed by atoms with Crippen molar-refractivity contribution < 1.29 is 9.53 Å². The molecule has 1 heterocycles. The number of carbonyl (C=O) groups is 1. The van der Waals surface area contributed by atoms with Crippen LogP contribution in [0.4, 0.5) is 5.69 Å². The molecule has 5 nitrogen and oxygen atoms in total. The van der Waals surface area contributed by atoms with Crippen molar-refractivity contribution in [3.05, 3.63) is 59.2 Å². The largest absolute Gasteiger partial charge is 0.483 e. The summed E-state index contributed by atoms with van der Waals surface area (Å²) in [6.45, 7) is 11.6. The molecule has 1 N–H and O–H groups in total. The predicted molar refractivity (Wildman–Crippen MR) is 119 cm³/mol. The first-order chi connectivity index (χ1) is 13.9. The van der Waals surface area contributed by atoms with Gasteiger partial charge in [-0.15, -0.1) is 0 Å². The number of hydrogen-bond acceptors (Lipinski definition) is 4. The lowest BCUT2D eigenvalue weighted by atomic mass is 10.0. The zero-order valence-electron chi connectivity index (χ0n) is 18.1. The van der Waals surface area contributed by atoms with E-state index in [9.17, 15) is 4.79 Å². The van der Waals surface area contributed by atoms with Crippen molar-refractivity contribution in [3.63, 3.8) is 0 Å². The topological polar surface area (TPSA) is 44.8 Å². The number of nitrogens with zero attached hydrogens (tertiary/aromatic N) is 2. The molecule has 1 amide bonds. The fraction of sp³-hybridized carbons (Fsp3) is 0.458. The quantitative estimate of drug-likeness (QED) is 0.773. The van der Waals surface area contributed by atoms with Gasteiger partial charge < -0.3 is 15.0 Å². The average molecular weight is 396 g/mol. The van der Waals surface area contributed by atoms with Crippen molar-refractivity contribution in [1.29, 1.82) is 0 Å². The molecule has 3 rings (SSSR count). The summed E-state index contributed by atoms with van der Waals surface area (Å²) in [5.41, 5.74) is 4.28. The van der Waals surface area contributed by atoms with E-state index >= 15 is 0 Å². The van der Waals surface area contributed by atoms with Crippen LogP contribution in [0.15, 0.2) is 42.5 Å². The van der Waals surface area contributed by atoms with Crippen LogP contribution < -0.4 is 10.1 Å². The summed E-state index contributed by atoms with van der Waals surface area (Å²) in [7, 11) is 2.16. The van der Waals surface area contributed by atoms with Crippen molar-refractivity contribution in [3.8, 4) is 5.75 Å². The highest BCUT2D eigenvalue weighted by molar-refractivity contribution is 5.91. The van der Waals surface area contributed by atoms with Gasteiger partial charge in [0.05, 0.1) is 0 Å². The van der Waals surface area contributed by atoms with E-state index < -0.39 is 0 Å². The molecular formula is C24H33N3O2. The van der Waals surface area contributed by atoms with Crippen LogP contribution in [-0.4, -0.2) is 55.5 Å². The minimum absolute atomic E-state index is 0.00581. The second kappa shape index (κ2) is 9.90. The maximum atomic E-state index is 12.4. The molecule has 2 aromatic carbocycles. The molecule has 5 heteroatoms. The third kappa shape index (κ3) is 6.31. The molecule has 0 aromatic heterocycles. The van der Waals surface area contributed by atoms with E-state index in [0.29, 0.717) is 5.92 Å². The lowest BCUT2D eigenvalue weighted by Gasteiger charge is -2.32. The zero-order chi connectivity index (χ0) is 20.8. The van der Waals surface area contributed by atoms with Crippen LogP contribution in [0.1, 0.15) is 36.5 Å². The van der Waals surface area contributed by atoms with Crippen LogP contribution in [0.3, 0.4) is 0 Å². The summed E-state index contributed by atoms with van der Waals surface area (Å²) in [4.78, 5) is 17.2. The molecule has 2 aromatic rings. The molecular weight excluding hydrogens is 362 g/mol. The number of anilines is 1. The molecule has 0 aliphatic carbocycles. The first-order valence-corrected chi connectivity index (χ1v) is 10.4. The maximum Gasteiger partial charge on any atom is 0.262 e. The number of likely N-dealkylation sites (N-methyl/N-ethyl adjacent to an activating group) is 1. The van der Waals surface area contributed by atoms with Gasteiger partial charge in [0.2, 0.25) is 0 Å². The van der Waals surface area contributed by atoms with Gasteiger partial charge in [-0.3, -0.25) is 9.69 Å². The summed E-state index contributed by atoms with van der Waals surface area (Å²) in [6, 6.07) is 14.3. The van der Waals surface area contributed by atoms with E-state index in [-0.39, 0.29) is 12.5 Å². The lowest BCUT2D eigenvalue weighted by molar-refractivity contribution is -0.118. The number of amides is 1. The summed E-state index contributed by atoms with van der Waals surface area (Å²) in [5, 5.41) is 2.97. The Labute approximate surface area is 174 Å². The molecule has 156 valence electrons. The number of benzene rings is 2. The summed E-state index contributed by atoms with van der Waals surface area (Å²) in [6.07, 6.45) is 0. The molecule has 0 radical (unpaired) electrons. The van der Waals surface area contributed by atoms with E-state index in [1.165, 1.54) is 5.56 Å². The highest BCUT2D eigenvalue weighted by Gasteiger charge is 2.14. The molecule has 1 aliphatic rings. The predicted octanol–water partition coefficient (Wildman–Crippen LogP) is 3.88. The Morgan fingerprint density at radius 3 is 2.59 bits per heavy atom. The standard InChI is InChI=1S/C24H33N3O2/c1-18(2)22-9-8-19(3)14-23(22)29-17-24(28)25-21-7-5-6-20(15-21)16-27-12-10-26(4)11-13-27/h5-9,14-15,18H,10-13,16-17H2,1-4H3,(H,25,28). The number of rotatable bonds is 7. The Kier molecular flexibility index (Phi) is 7.29. The Bertz CT molecular complexity index is 827. The van der Waals surface area contributed by atoms with E-state index in [2.05, 4.69) is 60.3 Å². The van der Waals surface area contributed by atoms with E-state index in [1.807, 2.05) is 25.1 Å². The van der Waals surface area contributed by atoms with Crippen LogP contribution in [0, 0.1) is 6.92 Å². The molecule has 29 heavy (non-hydrogen) atoms. The number of hydrogen-bond donors (Lipinski definition) is 1. The van der Waals surface area contributed by atoms with Crippen molar-refractivity contribution in [2.45, 2.75) is 33.2 Å². The molecule has 0 bridgehead atoms. The van der Waals surface area contributed by atoms with Gasteiger partial charge in [0.15, 0.2) is 6.61 Å². The van der Waals surface area contributed by atoms with Gasteiger partial charge in [-0.25, -0.2) is 0 Å². The summed E-state index contributed by atoms with van der Waals surface area (Å²) in [5.74, 6) is 0.997. The second-order valence-corrected chi connectivity index (χ2v) is 8.31. The molecule has 0 saturated carbocycles. The molecule has 0 atom stereocenters. The normalized spacial score (nSPS) is 15.5. The van der Waals surface area contributed by atoms with Gasteiger partial charge in [0, 0.05) is 38.4 Å². The Hall–Kier alpha value is -2.37. The number of ether oxygens (including phenoxy) is 1. The highest BCUT2D eigenvalue weighted by Crippen LogP contribution is 2.27. The van der Waals surface area contributed by atoms with Gasteiger partial charge >= 0.3 is 0 Å². The van der Waals surface area contributed by atoms with Crippen molar-refractivity contribution in [1.82, 2.24) is 9.80 Å². The van der Waals surface area contributed by atoms with Crippen molar-refractivity contribution >= 4 is 11.6 Å². The van der Waals surface area contributed by atoms with Crippen LogP contribution >= 0.6 is 0 Å². The summed E-state index contributed by atoms with van der Waals surface area (Å²) >= 11 is 0. The van der Waals surface area contributed by atoms with Gasteiger partial charge in [-0.2, -0.15) is 0 Å². The molecule has 0 unspecified atom stereocenters. The van der Waals surface area contributed by atoms with E-state index in [1.54, 1.807) is 0 Å². The third-order valence-electron chi connectivity index (χ3n) is 5.36. The van der Waals surface area contributed by atoms with Gasteiger partial charge in [0.25, 0.3) is 5.91 Å². The van der Waals surface area contributed by atoms with Gasteiger partial charge in [-0.1, -0.05) is 38.1 Å². The van der Waals surface area contributed by atoms with Crippen LogP contribution in [0.25, 0.3) is 0 Å². The molecule has 1 saturated heterocycles. The number of piperazine rings is 1. The van der Waals surface area contributed by atoms with Crippen molar-refractivity contribution in [2.24, 2.45) is 0 Å². The van der Waals surface area contributed by atoms with Crippen LogP contribution in [-0.2, 0) is 11.3 Å². The minimum atomic E-state index is -0.141. The molecule has 1 fully saturated rings. The van der Waals surface area contributed by atoms with E-state index in [0.717, 1.165) is 55.3 Å². The Balaban J connectivity index is 1.55. The SMILES string of the molecule is Cc1ccc(C(C)C)c(OCC(=O)Nc2cccc(CN3CCN(C)CC3)c2)c1. The Morgan fingerprint density at radius 1 is 1.10 bits per heavy atom. The minimum Gasteiger partial charge on any atom is -0.483 e. The van der Waals surface area contributed by atoms with Crippen molar-refractivity contribution in [2.75, 3.05) is 45.2 Å². The maximum absolute atomic E-state index is 12.4. The third-order valence-corrected chi connectivity index (χ3v) is 5.36. The molecule has 0 spiro atoms.